The van der Waals surface area contributed by atoms with Gasteiger partial charge in [0, 0.05) is 5.56 Å². The molecule has 0 aliphatic carbocycles. The van der Waals surface area contributed by atoms with Crippen LogP contribution in [0.1, 0.15) is 35.1 Å². The Morgan fingerprint density at radius 1 is 1.21 bits per heavy atom. The smallest absolute Gasteiger partial charge is 1.00 e. The number of carboxylic acids is 1. The van der Waals surface area contributed by atoms with Crippen LogP contribution in [0.25, 0.3) is 11.1 Å². The molecule has 170 valence electrons. The summed E-state index contributed by atoms with van der Waals surface area (Å²) in [5.41, 5.74) is 3.96. The van der Waals surface area contributed by atoms with E-state index < -0.39 is 17.9 Å². The summed E-state index contributed by atoms with van der Waals surface area (Å²) in [5.74, 6) is -0.179. The average Bonchev–Trinajstić information content (AvgIpc) is 3.30. The van der Waals surface area contributed by atoms with Gasteiger partial charge in [0.1, 0.15) is 18.4 Å². The SMILES string of the molecule is CSCCC(NC(=O)c1ccc(COCc2cnco2)cc1-c1ccccc1C)C(=O)O.[H-].[Li+]. The molecule has 2 N–H and O–H groups in total. The number of nitrogens with one attached hydrogen (secondary N) is 1. The zero-order valence-corrected chi connectivity index (χ0v) is 19.9. The number of amides is 1. The zero-order valence-electron chi connectivity index (χ0n) is 20.0. The van der Waals surface area contributed by atoms with E-state index in [0.29, 0.717) is 30.1 Å². The fourth-order valence-electron chi connectivity index (χ4n) is 3.29. The number of rotatable bonds is 11. The van der Waals surface area contributed by atoms with Crippen LogP contribution in [-0.2, 0) is 22.7 Å². The Bertz CT molecular complexity index is 1070. The second-order valence-corrected chi connectivity index (χ2v) is 8.29. The first-order chi connectivity index (χ1) is 15.5. The zero-order chi connectivity index (χ0) is 22.9. The van der Waals surface area contributed by atoms with Crippen LogP contribution in [0, 0.1) is 6.92 Å². The Kier molecular flexibility index (Phi) is 10.8. The first kappa shape index (κ1) is 26.7. The molecular weight excluding hydrogens is 435 g/mol. The summed E-state index contributed by atoms with van der Waals surface area (Å²) in [4.78, 5) is 28.5. The van der Waals surface area contributed by atoms with E-state index in [9.17, 15) is 14.7 Å². The second-order valence-electron chi connectivity index (χ2n) is 7.30. The molecule has 7 nitrogen and oxygen atoms in total. The summed E-state index contributed by atoms with van der Waals surface area (Å²) in [6, 6.07) is 12.3. The van der Waals surface area contributed by atoms with Gasteiger partial charge in [-0.1, -0.05) is 30.3 Å². The summed E-state index contributed by atoms with van der Waals surface area (Å²) in [6.07, 6.45) is 5.21. The normalized spacial score (nSPS) is 11.5. The fraction of sp³-hybridized carbons (Fsp3) is 0.292. The molecule has 3 rings (SSSR count). The summed E-state index contributed by atoms with van der Waals surface area (Å²) >= 11 is 1.54. The van der Waals surface area contributed by atoms with Gasteiger partial charge in [-0.3, -0.25) is 4.79 Å². The van der Waals surface area contributed by atoms with Crippen molar-refractivity contribution < 1.29 is 44.1 Å². The largest absolute Gasteiger partial charge is 1.00 e. The van der Waals surface area contributed by atoms with E-state index in [0.717, 1.165) is 22.3 Å². The molecule has 0 aliphatic rings. The third-order valence-electron chi connectivity index (χ3n) is 4.97. The third-order valence-corrected chi connectivity index (χ3v) is 5.62. The van der Waals surface area contributed by atoms with Crippen molar-refractivity contribution in [1.82, 2.24) is 10.3 Å². The van der Waals surface area contributed by atoms with Crippen molar-refractivity contribution in [3.8, 4) is 11.1 Å². The summed E-state index contributed by atoms with van der Waals surface area (Å²) in [5, 5.41) is 12.2. The van der Waals surface area contributed by atoms with Crippen LogP contribution < -0.4 is 24.2 Å². The molecule has 0 fully saturated rings. The van der Waals surface area contributed by atoms with Crippen molar-refractivity contribution in [2.75, 3.05) is 12.0 Å². The number of carbonyl (C=O) groups is 2. The standard InChI is InChI=1S/C24H26N2O5S.Li.H/c1-16-5-3-4-6-19(16)21-11-17(13-30-14-18-12-25-15-31-18)7-8-20(21)23(27)26-22(24(28)29)9-10-32-2;;/h3-8,11-12,15,22H,9-10,13-14H2,1-2H3,(H,26,27)(H,28,29);;/q;+1;-1. The van der Waals surface area contributed by atoms with Gasteiger partial charge in [-0.25, -0.2) is 9.78 Å². The number of ether oxygens (including phenoxy) is 1. The van der Waals surface area contributed by atoms with Gasteiger partial charge in [-0.2, -0.15) is 11.8 Å². The fourth-order valence-corrected chi connectivity index (χ4v) is 3.76. The van der Waals surface area contributed by atoms with Gasteiger partial charge >= 0.3 is 24.8 Å². The maximum absolute atomic E-state index is 13.1. The van der Waals surface area contributed by atoms with Crippen LogP contribution >= 0.6 is 11.8 Å². The first-order valence-corrected chi connectivity index (χ1v) is 11.6. The van der Waals surface area contributed by atoms with E-state index in [-0.39, 0.29) is 26.9 Å². The molecule has 1 heterocycles. The maximum Gasteiger partial charge on any atom is 1.00 e. The Hall–Kier alpha value is -2.50. The number of hydrogen-bond donors (Lipinski definition) is 2. The van der Waals surface area contributed by atoms with Gasteiger partial charge in [0.15, 0.2) is 6.39 Å². The molecule has 1 unspecified atom stereocenters. The Morgan fingerprint density at radius 3 is 2.67 bits per heavy atom. The van der Waals surface area contributed by atoms with Gasteiger partial charge in [-0.05, 0) is 59.7 Å². The van der Waals surface area contributed by atoms with Gasteiger partial charge in [0.2, 0.25) is 0 Å². The van der Waals surface area contributed by atoms with E-state index in [1.54, 1.807) is 24.0 Å². The summed E-state index contributed by atoms with van der Waals surface area (Å²) in [6.45, 7) is 2.59. The predicted molar refractivity (Wildman–Crippen MR) is 125 cm³/mol. The third kappa shape index (κ3) is 7.51. The molecule has 0 saturated carbocycles. The number of nitrogens with zero attached hydrogens (tertiary/aromatic N) is 1. The van der Waals surface area contributed by atoms with E-state index in [2.05, 4.69) is 10.3 Å². The van der Waals surface area contributed by atoms with Crippen molar-refractivity contribution in [3.63, 3.8) is 0 Å². The molecule has 2 aromatic carbocycles. The molecular formula is C24H27LiN2O5S. The molecule has 33 heavy (non-hydrogen) atoms. The van der Waals surface area contributed by atoms with Crippen LogP contribution in [0.4, 0.5) is 0 Å². The Labute approximate surface area is 211 Å². The Balaban J connectivity index is 0.00000289. The molecule has 0 bridgehead atoms. The molecule has 0 aliphatic heterocycles. The van der Waals surface area contributed by atoms with Crippen molar-refractivity contribution in [3.05, 3.63) is 77.5 Å². The average molecular weight is 462 g/mol. The molecule has 0 saturated heterocycles. The van der Waals surface area contributed by atoms with E-state index in [4.69, 9.17) is 9.15 Å². The number of hydrogen-bond acceptors (Lipinski definition) is 6. The minimum absolute atomic E-state index is 0. The van der Waals surface area contributed by atoms with Gasteiger partial charge in [0.25, 0.3) is 5.91 Å². The number of aromatic nitrogens is 1. The van der Waals surface area contributed by atoms with Gasteiger partial charge < -0.3 is 21.0 Å². The summed E-state index contributed by atoms with van der Waals surface area (Å²) in [7, 11) is 0. The molecule has 9 heteroatoms. The number of aliphatic carboxylic acids is 1. The van der Waals surface area contributed by atoms with Crippen LogP contribution in [0.2, 0.25) is 0 Å². The van der Waals surface area contributed by atoms with Crippen molar-refractivity contribution in [1.29, 1.82) is 0 Å². The van der Waals surface area contributed by atoms with Gasteiger partial charge in [0.05, 0.1) is 12.8 Å². The number of aryl methyl sites for hydroxylation is 1. The summed E-state index contributed by atoms with van der Waals surface area (Å²) < 4.78 is 10.9. The minimum Gasteiger partial charge on any atom is -1.00 e. The maximum atomic E-state index is 13.1. The van der Waals surface area contributed by atoms with Crippen LogP contribution in [0.5, 0.6) is 0 Å². The number of carboxylic acid groups (broad SMARTS) is 1. The van der Waals surface area contributed by atoms with Crippen LogP contribution in [0.3, 0.4) is 0 Å². The number of thioether (sulfide) groups is 1. The van der Waals surface area contributed by atoms with Crippen molar-refractivity contribution in [2.24, 2.45) is 0 Å². The number of oxazole rings is 1. The van der Waals surface area contributed by atoms with Crippen molar-refractivity contribution in [2.45, 2.75) is 32.6 Å². The van der Waals surface area contributed by atoms with Gasteiger partial charge in [-0.15, -0.1) is 0 Å². The minimum atomic E-state index is -1.04. The molecule has 1 atom stereocenters. The van der Waals surface area contributed by atoms with Crippen molar-refractivity contribution >= 4 is 23.6 Å². The Morgan fingerprint density at radius 2 is 2.00 bits per heavy atom. The van der Waals surface area contributed by atoms with Crippen LogP contribution in [-0.4, -0.2) is 40.0 Å². The number of carbonyl (C=O) groups excluding carboxylic acids is 1. The second kappa shape index (κ2) is 13.3. The molecule has 0 radical (unpaired) electrons. The molecule has 1 aromatic heterocycles. The quantitative estimate of drug-likeness (QED) is 0.416. The number of benzene rings is 2. The molecule has 0 spiro atoms. The predicted octanol–water partition coefficient (Wildman–Crippen LogP) is 1.42. The molecule has 3 aromatic rings. The van der Waals surface area contributed by atoms with E-state index in [1.165, 1.54) is 6.39 Å². The van der Waals surface area contributed by atoms with E-state index >= 15 is 0 Å². The van der Waals surface area contributed by atoms with Crippen LogP contribution in [0.15, 0.2) is 59.5 Å². The van der Waals surface area contributed by atoms with E-state index in [1.807, 2.05) is 49.6 Å². The molecule has 1 amide bonds. The first-order valence-electron chi connectivity index (χ1n) is 10.2. The topological polar surface area (TPSA) is 102 Å². The monoisotopic (exact) mass is 462 g/mol.